The summed E-state index contributed by atoms with van der Waals surface area (Å²) in [5.74, 6) is 0.962. The maximum Gasteiger partial charge on any atom is 0.410 e. The summed E-state index contributed by atoms with van der Waals surface area (Å²) < 4.78 is 5.47. The zero-order valence-corrected chi connectivity index (χ0v) is 13.8. The predicted molar refractivity (Wildman–Crippen MR) is 86.4 cm³/mol. The van der Waals surface area contributed by atoms with E-state index in [-0.39, 0.29) is 6.09 Å². The van der Waals surface area contributed by atoms with Crippen molar-refractivity contribution in [1.29, 1.82) is 0 Å². The quantitative estimate of drug-likeness (QED) is 0.795. The zero-order chi connectivity index (χ0) is 15.9. The third kappa shape index (κ3) is 3.01. The van der Waals surface area contributed by atoms with Crippen molar-refractivity contribution in [3.05, 3.63) is 35.7 Å². The molecule has 0 spiro atoms. The van der Waals surface area contributed by atoms with E-state index in [2.05, 4.69) is 24.1 Å². The van der Waals surface area contributed by atoms with Gasteiger partial charge in [0.15, 0.2) is 0 Å². The molecule has 3 rings (SSSR count). The highest BCUT2D eigenvalue weighted by Crippen LogP contribution is 2.41. The molecule has 118 valence electrons. The Balaban J connectivity index is 1.68. The molecule has 4 nitrogen and oxygen atoms in total. The van der Waals surface area contributed by atoms with E-state index in [1.54, 1.807) is 0 Å². The average molecular weight is 300 g/mol. The van der Waals surface area contributed by atoms with Crippen molar-refractivity contribution in [3.8, 4) is 0 Å². The summed E-state index contributed by atoms with van der Waals surface area (Å²) in [5, 5.41) is 0. The lowest BCUT2D eigenvalue weighted by molar-refractivity contribution is 0.0285. The third-order valence-corrected chi connectivity index (χ3v) is 4.39. The van der Waals surface area contributed by atoms with Gasteiger partial charge in [-0.05, 0) is 63.2 Å². The van der Waals surface area contributed by atoms with Crippen LogP contribution in [-0.4, -0.2) is 34.7 Å². The molecule has 1 aliphatic heterocycles. The molecule has 1 aromatic rings. The number of aryl methyl sites for hydroxylation is 1. The molecule has 0 bridgehead atoms. The largest absolute Gasteiger partial charge is 0.444 e. The lowest BCUT2D eigenvalue weighted by Gasteiger charge is -2.24. The van der Waals surface area contributed by atoms with E-state index in [0.29, 0.717) is 11.8 Å². The second-order valence-corrected chi connectivity index (χ2v) is 7.34. The first-order valence-electron chi connectivity index (χ1n) is 7.94. The van der Waals surface area contributed by atoms with Gasteiger partial charge in [-0.3, -0.25) is 4.98 Å². The standard InChI is InChI=1S/C18H24N2O2/c1-12-16(6-5-7-19-12)13-8-14-10-20(11-15(14)9-13)17(21)22-18(2,3)4/h5-8,14-15H,9-11H2,1-4H3/t14-,15+/m0/s1. The molecule has 0 aromatic carbocycles. The number of allylic oxidation sites excluding steroid dienone is 1. The van der Waals surface area contributed by atoms with Gasteiger partial charge in [-0.15, -0.1) is 0 Å². The average Bonchev–Trinajstić information content (AvgIpc) is 2.95. The van der Waals surface area contributed by atoms with E-state index in [1.165, 1.54) is 11.1 Å². The van der Waals surface area contributed by atoms with Gasteiger partial charge >= 0.3 is 6.09 Å². The molecule has 2 atom stereocenters. The Bertz CT molecular complexity index is 616. The van der Waals surface area contributed by atoms with E-state index >= 15 is 0 Å². The van der Waals surface area contributed by atoms with Gasteiger partial charge in [0, 0.05) is 25.0 Å². The maximum atomic E-state index is 12.2. The Morgan fingerprint density at radius 3 is 2.77 bits per heavy atom. The number of likely N-dealkylation sites (tertiary alicyclic amines) is 1. The molecule has 0 saturated carbocycles. The Kier molecular flexibility index (Phi) is 3.71. The van der Waals surface area contributed by atoms with Crippen LogP contribution < -0.4 is 0 Å². The highest BCUT2D eigenvalue weighted by molar-refractivity contribution is 5.72. The highest BCUT2D eigenvalue weighted by Gasteiger charge is 2.39. The minimum Gasteiger partial charge on any atom is -0.444 e. The van der Waals surface area contributed by atoms with Crippen molar-refractivity contribution in [2.24, 2.45) is 11.8 Å². The fourth-order valence-corrected chi connectivity index (χ4v) is 3.41. The molecule has 1 amide bonds. The van der Waals surface area contributed by atoms with Crippen LogP contribution in [0.1, 0.15) is 38.4 Å². The lowest BCUT2D eigenvalue weighted by atomic mass is 9.98. The summed E-state index contributed by atoms with van der Waals surface area (Å²) >= 11 is 0. The van der Waals surface area contributed by atoms with Crippen molar-refractivity contribution >= 4 is 11.7 Å². The van der Waals surface area contributed by atoms with Crippen LogP contribution in [0.5, 0.6) is 0 Å². The molecule has 1 saturated heterocycles. The van der Waals surface area contributed by atoms with E-state index in [4.69, 9.17) is 4.74 Å². The van der Waals surface area contributed by atoms with Gasteiger partial charge in [0.25, 0.3) is 0 Å². The van der Waals surface area contributed by atoms with Crippen LogP contribution >= 0.6 is 0 Å². The van der Waals surface area contributed by atoms with Crippen LogP contribution in [0.25, 0.3) is 5.57 Å². The molecule has 1 aliphatic carbocycles. The summed E-state index contributed by atoms with van der Waals surface area (Å²) in [4.78, 5) is 18.4. The first kappa shape index (κ1) is 15.1. The molecule has 22 heavy (non-hydrogen) atoms. The van der Waals surface area contributed by atoms with Crippen molar-refractivity contribution < 1.29 is 9.53 Å². The van der Waals surface area contributed by atoms with Crippen molar-refractivity contribution in [2.45, 2.75) is 39.7 Å². The number of carbonyl (C=O) groups is 1. The lowest BCUT2D eigenvalue weighted by Crippen LogP contribution is -2.35. The van der Waals surface area contributed by atoms with Crippen LogP contribution in [0.3, 0.4) is 0 Å². The number of hydrogen-bond donors (Lipinski definition) is 0. The summed E-state index contributed by atoms with van der Waals surface area (Å²) in [5.41, 5.74) is 3.28. The number of rotatable bonds is 1. The third-order valence-electron chi connectivity index (χ3n) is 4.39. The minimum absolute atomic E-state index is 0.186. The minimum atomic E-state index is -0.428. The second kappa shape index (κ2) is 5.41. The topological polar surface area (TPSA) is 42.4 Å². The van der Waals surface area contributed by atoms with Gasteiger partial charge in [0.1, 0.15) is 5.60 Å². The molecular weight excluding hydrogens is 276 g/mol. The monoisotopic (exact) mass is 300 g/mol. The molecular formula is C18H24N2O2. The Labute approximate surface area is 132 Å². The Morgan fingerprint density at radius 1 is 1.36 bits per heavy atom. The maximum absolute atomic E-state index is 12.2. The number of ether oxygens (including phenoxy) is 1. The molecule has 1 fully saturated rings. The normalized spacial score (nSPS) is 24.2. The van der Waals surface area contributed by atoms with E-state index < -0.39 is 5.60 Å². The zero-order valence-electron chi connectivity index (χ0n) is 13.8. The number of aromatic nitrogens is 1. The highest BCUT2D eigenvalue weighted by atomic mass is 16.6. The number of nitrogens with zero attached hydrogens (tertiary/aromatic N) is 2. The Morgan fingerprint density at radius 2 is 2.14 bits per heavy atom. The second-order valence-electron chi connectivity index (χ2n) is 7.34. The first-order chi connectivity index (χ1) is 10.3. The van der Waals surface area contributed by atoms with Crippen molar-refractivity contribution in [3.63, 3.8) is 0 Å². The predicted octanol–water partition coefficient (Wildman–Crippen LogP) is 3.66. The summed E-state index contributed by atoms with van der Waals surface area (Å²) in [7, 11) is 0. The number of hydrogen-bond acceptors (Lipinski definition) is 3. The summed E-state index contributed by atoms with van der Waals surface area (Å²) in [6.07, 6.45) is 5.00. The molecule has 2 heterocycles. The van der Waals surface area contributed by atoms with Crippen molar-refractivity contribution in [1.82, 2.24) is 9.88 Å². The number of amides is 1. The molecule has 0 unspecified atom stereocenters. The van der Waals surface area contributed by atoms with Gasteiger partial charge in [0.2, 0.25) is 0 Å². The molecule has 0 N–H and O–H groups in total. The van der Waals surface area contributed by atoms with Crippen LogP contribution in [0.4, 0.5) is 4.79 Å². The molecule has 1 aromatic heterocycles. The first-order valence-corrected chi connectivity index (χ1v) is 7.94. The van der Waals surface area contributed by atoms with Gasteiger partial charge in [0.05, 0.1) is 0 Å². The molecule has 4 heteroatoms. The summed E-state index contributed by atoms with van der Waals surface area (Å²) in [6.45, 7) is 9.33. The smallest absolute Gasteiger partial charge is 0.410 e. The fraction of sp³-hybridized carbons (Fsp3) is 0.556. The van der Waals surface area contributed by atoms with Gasteiger partial charge in [-0.1, -0.05) is 12.1 Å². The summed E-state index contributed by atoms with van der Waals surface area (Å²) in [6, 6.07) is 4.13. The number of carbonyl (C=O) groups excluding carboxylic acids is 1. The molecule has 0 radical (unpaired) electrons. The number of fused-ring (bicyclic) bond motifs is 1. The van der Waals surface area contributed by atoms with Crippen LogP contribution in [0.15, 0.2) is 24.4 Å². The number of pyridine rings is 1. The van der Waals surface area contributed by atoms with Crippen LogP contribution in [-0.2, 0) is 4.74 Å². The van der Waals surface area contributed by atoms with E-state index in [1.807, 2.05) is 37.9 Å². The van der Waals surface area contributed by atoms with Crippen LogP contribution in [0.2, 0.25) is 0 Å². The van der Waals surface area contributed by atoms with Gasteiger partial charge in [-0.2, -0.15) is 0 Å². The van der Waals surface area contributed by atoms with Crippen LogP contribution in [0, 0.1) is 18.8 Å². The fourth-order valence-electron chi connectivity index (χ4n) is 3.41. The molecule has 2 aliphatic rings. The Hall–Kier alpha value is -1.84. The van der Waals surface area contributed by atoms with E-state index in [0.717, 1.165) is 25.2 Å². The SMILES string of the molecule is Cc1ncccc1C1=C[C@H]2CN(C(=O)OC(C)(C)C)C[C@H]2C1. The van der Waals surface area contributed by atoms with E-state index in [9.17, 15) is 4.79 Å². The van der Waals surface area contributed by atoms with Gasteiger partial charge in [-0.25, -0.2) is 4.79 Å². The van der Waals surface area contributed by atoms with Crippen molar-refractivity contribution in [2.75, 3.05) is 13.1 Å². The van der Waals surface area contributed by atoms with Gasteiger partial charge < -0.3 is 9.64 Å².